The molecule has 0 atom stereocenters. The minimum absolute atomic E-state index is 0.0369. The maximum atomic E-state index is 13.9. The second kappa shape index (κ2) is 6.78. The molecule has 1 aromatic heterocycles. The third-order valence-corrected chi connectivity index (χ3v) is 5.06. The molecule has 0 bridgehead atoms. The Balaban J connectivity index is 1.72. The van der Waals surface area contributed by atoms with E-state index in [1.54, 1.807) is 13.1 Å². The number of amides is 2. The Morgan fingerprint density at radius 2 is 1.88 bits per heavy atom. The van der Waals surface area contributed by atoms with Crippen LogP contribution in [0.1, 0.15) is 24.5 Å². The number of aromatic nitrogens is 2. The van der Waals surface area contributed by atoms with Gasteiger partial charge in [-0.25, -0.2) is 13.9 Å². The summed E-state index contributed by atoms with van der Waals surface area (Å²) in [7, 11) is 1.65. The van der Waals surface area contributed by atoms with Crippen molar-refractivity contribution in [2.45, 2.75) is 18.8 Å². The van der Waals surface area contributed by atoms with E-state index < -0.39 is 0 Å². The van der Waals surface area contributed by atoms with Crippen molar-refractivity contribution >= 4 is 16.9 Å². The highest BCUT2D eigenvalue weighted by molar-refractivity contribution is 5.84. The summed E-state index contributed by atoms with van der Waals surface area (Å²) >= 11 is 0. The summed E-state index contributed by atoms with van der Waals surface area (Å²) < 4.78 is 15.7. The van der Waals surface area contributed by atoms with Crippen LogP contribution in [-0.2, 0) is 0 Å². The predicted molar refractivity (Wildman–Crippen MR) is 99.0 cm³/mol. The van der Waals surface area contributed by atoms with Gasteiger partial charge in [-0.1, -0.05) is 18.2 Å². The van der Waals surface area contributed by atoms with Gasteiger partial charge in [-0.15, -0.1) is 0 Å². The van der Waals surface area contributed by atoms with Gasteiger partial charge in [0, 0.05) is 37.5 Å². The molecule has 1 aliphatic rings. The highest BCUT2D eigenvalue weighted by Gasteiger charge is 2.27. The Morgan fingerprint density at radius 1 is 1.15 bits per heavy atom. The van der Waals surface area contributed by atoms with Gasteiger partial charge in [-0.05, 0) is 37.1 Å². The molecule has 1 saturated heterocycles. The summed E-state index contributed by atoms with van der Waals surface area (Å²) in [4.78, 5) is 13.6. The average molecular weight is 352 g/mol. The van der Waals surface area contributed by atoms with Crippen molar-refractivity contribution < 1.29 is 9.18 Å². The molecular weight excluding hydrogens is 331 g/mol. The standard InChI is InChI=1S/C20H21FN4O/c1-22-20(26)24-11-9-14(10-12-24)19-17-8-7-15(21)13-18(17)25(23-19)16-5-3-2-4-6-16/h2-8,13-14H,9-12H2,1H3,(H,22,26). The molecule has 134 valence electrons. The minimum atomic E-state index is -0.268. The lowest BCUT2D eigenvalue weighted by Gasteiger charge is -2.31. The lowest BCUT2D eigenvalue weighted by molar-refractivity contribution is 0.183. The van der Waals surface area contributed by atoms with Crippen LogP contribution in [0.4, 0.5) is 9.18 Å². The highest BCUT2D eigenvalue weighted by atomic mass is 19.1. The molecule has 1 fully saturated rings. The zero-order valence-corrected chi connectivity index (χ0v) is 14.7. The summed E-state index contributed by atoms with van der Waals surface area (Å²) in [5.74, 6) is -0.00982. The summed E-state index contributed by atoms with van der Waals surface area (Å²) in [6.45, 7) is 1.40. The Hall–Kier alpha value is -2.89. The van der Waals surface area contributed by atoms with Gasteiger partial charge in [0.1, 0.15) is 5.82 Å². The molecule has 5 nitrogen and oxygen atoms in total. The predicted octanol–water partition coefficient (Wildman–Crippen LogP) is 3.68. The van der Waals surface area contributed by atoms with E-state index in [1.807, 2.05) is 46.0 Å². The lowest BCUT2D eigenvalue weighted by Crippen LogP contribution is -2.42. The second-order valence-electron chi connectivity index (χ2n) is 6.61. The van der Waals surface area contributed by atoms with Crippen LogP contribution in [0.3, 0.4) is 0 Å². The summed E-state index contributed by atoms with van der Waals surface area (Å²) in [6.07, 6.45) is 1.71. The van der Waals surface area contributed by atoms with E-state index in [0.717, 1.165) is 35.1 Å². The van der Waals surface area contributed by atoms with Crippen LogP contribution in [-0.4, -0.2) is 40.8 Å². The zero-order valence-electron chi connectivity index (χ0n) is 14.7. The van der Waals surface area contributed by atoms with Gasteiger partial charge in [0.05, 0.1) is 16.9 Å². The smallest absolute Gasteiger partial charge is 0.317 e. The summed E-state index contributed by atoms with van der Waals surface area (Å²) in [5.41, 5.74) is 2.68. The molecular formula is C20H21FN4O. The number of fused-ring (bicyclic) bond motifs is 1. The summed E-state index contributed by atoms with van der Waals surface area (Å²) in [5, 5.41) is 8.50. The molecule has 1 aliphatic heterocycles. The number of likely N-dealkylation sites (tertiary alicyclic amines) is 1. The Morgan fingerprint density at radius 3 is 2.58 bits per heavy atom. The number of benzene rings is 2. The molecule has 2 heterocycles. The number of urea groups is 1. The van der Waals surface area contributed by atoms with E-state index >= 15 is 0 Å². The molecule has 0 unspecified atom stereocenters. The number of nitrogens with zero attached hydrogens (tertiary/aromatic N) is 3. The zero-order chi connectivity index (χ0) is 18.1. The fourth-order valence-corrected chi connectivity index (χ4v) is 3.69. The molecule has 3 aromatic rings. The van der Waals surface area contributed by atoms with Crippen molar-refractivity contribution in [1.82, 2.24) is 20.0 Å². The van der Waals surface area contributed by atoms with Gasteiger partial charge >= 0.3 is 6.03 Å². The molecule has 1 N–H and O–H groups in total. The topological polar surface area (TPSA) is 50.2 Å². The van der Waals surface area contributed by atoms with E-state index in [2.05, 4.69) is 5.32 Å². The van der Waals surface area contributed by atoms with Crippen LogP contribution in [0.15, 0.2) is 48.5 Å². The minimum Gasteiger partial charge on any atom is -0.341 e. The maximum absolute atomic E-state index is 13.9. The first-order valence-electron chi connectivity index (χ1n) is 8.87. The molecule has 0 saturated carbocycles. The largest absolute Gasteiger partial charge is 0.341 e. The van der Waals surface area contributed by atoms with Gasteiger partial charge < -0.3 is 10.2 Å². The fraction of sp³-hybridized carbons (Fsp3) is 0.300. The SMILES string of the molecule is CNC(=O)N1CCC(c2nn(-c3ccccc3)c3cc(F)ccc23)CC1. The second-order valence-corrected chi connectivity index (χ2v) is 6.61. The van der Waals surface area contributed by atoms with Crippen LogP contribution in [0.5, 0.6) is 0 Å². The van der Waals surface area contributed by atoms with Gasteiger partial charge in [0.25, 0.3) is 0 Å². The van der Waals surface area contributed by atoms with Crippen LogP contribution in [0.25, 0.3) is 16.6 Å². The first kappa shape index (κ1) is 16.6. The molecule has 26 heavy (non-hydrogen) atoms. The average Bonchev–Trinajstić information content (AvgIpc) is 3.07. The highest BCUT2D eigenvalue weighted by Crippen LogP contribution is 2.34. The van der Waals surface area contributed by atoms with Crippen molar-refractivity contribution in [2.24, 2.45) is 0 Å². The number of piperidine rings is 1. The Kier molecular flexibility index (Phi) is 4.32. The van der Waals surface area contributed by atoms with E-state index in [-0.39, 0.29) is 17.8 Å². The number of halogens is 1. The van der Waals surface area contributed by atoms with E-state index in [1.165, 1.54) is 6.07 Å². The third-order valence-electron chi connectivity index (χ3n) is 5.06. The number of nitrogens with one attached hydrogen (secondary N) is 1. The van der Waals surface area contributed by atoms with Gasteiger partial charge in [0.15, 0.2) is 0 Å². The molecule has 6 heteroatoms. The summed E-state index contributed by atoms with van der Waals surface area (Å²) in [6, 6.07) is 14.6. The molecule has 0 aliphatic carbocycles. The lowest BCUT2D eigenvalue weighted by atomic mass is 9.92. The Bertz CT molecular complexity index is 930. The molecule has 2 aromatic carbocycles. The number of carbonyl (C=O) groups excluding carboxylic acids is 1. The number of rotatable bonds is 2. The first-order valence-corrected chi connectivity index (χ1v) is 8.87. The van der Waals surface area contributed by atoms with E-state index in [0.29, 0.717) is 13.1 Å². The number of carbonyl (C=O) groups is 1. The van der Waals surface area contributed by atoms with Crippen LogP contribution >= 0.6 is 0 Å². The van der Waals surface area contributed by atoms with Crippen molar-refractivity contribution in [3.8, 4) is 5.69 Å². The molecule has 2 amide bonds. The van der Waals surface area contributed by atoms with Gasteiger partial charge in [-0.2, -0.15) is 5.10 Å². The third kappa shape index (κ3) is 2.92. The van der Waals surface area contributed by atoms with Crippen LogP contribution < -0.4 is 5.32 Å². The maximum Gasteiger partial charge on any atom is 0.317 e. The Labute approximate surface area is 151 Å². The van der Waals surface area contributed by atoms with Gasteiger partial charge in [0.2, 0.25) is 0 Å². The van der Waals surface area contributed by atoms with E-state index in [4.69, 9.17) is 5.10 Å². The first-order chi connectivity index (χ1) is 12.7. The fourth-order valence-electron chi connectivity index (χ4n) is 3.69. The molecule has 4 rings (SSSR count). The van der Waals surface area contributed by atoms with Crippen molar-refractivity contribution in [3.63, 3.8) is 0 Å². The molecule has 0 spiro atoms. The monoisotopic (exact) mass is 352 g/mol. The molecule has 0 radical (unpaired) electrons. The number of hydrogen-bond donors (Lipinski definition) is 1. The van der Waals surface area contributed by atoms with Crippen LogP contribution in [0.2, 0.25) is 0 Å². The normalized spacial score (nSPS) is 15.4. The number of hydrogen-bond acceptors (Lipinski definition) is 2. The van der Waals surface area contributed by atoms with E-state index in [9.17, 15) is 9.18 Å². The quantitative estimate of drug-likeness (QED) is 0.765. The van der Waals surface area contributed by atoms with Gasteiger partial charge in [-0.3, -0.25) is 0 Å². The van der Waals surface area contributed by atoms with Crippen molar-refractivity contribution in [1.29, 1.82) is 0 Å². The van der Waals surface area contributed by atoms with Crippen molar-refractivity contribution in [2.75, 3.05) is 20.1 Å². The van der Waals surface area contributed by atoms with Crippen molar-refractivity contribution in [3.05, 3.63) is 60.0 Å². The number of para-hydroxylation sites is 1. The van der Waals surface area contributed by atoms with Crippen LogP contribution in [0, 0.1) is 5.82 Å².